The van der Waals surface area contributed by atoms with E-state index < -0.39 is 17.3 Å². The largest absolute Gasteiger partial charge is 0.325 e. The molecule has 23 heavy (non-hydrogen) atoms. The number of aryl methyl sites for hydroxylation is 1. The molecule has 1 aliphatic carbocycles. The molecule has 6 heteroatoms. The number of hydrogen-bond donors (Lipinski definition) is 2. The van der Waals surface area contributed by atoms with Crippen LogP contribution in [0.2, 0.25) is 5.02 Å². The van der Waals surface area contributed by atoms with Gasteiger partial charge in [0.15, 0.2) is 0 Å². The number of amides is 1. The Morgan fingerprint density at radius 1 is 1.39 bits per heavy atom. The maximum absolute atomic E-state index is 13.1. The molecule has 1 heterocycles. The Balaban J connectivity index is 1.88. The third-order valence-electron chi connectivity index (χ3n) is 4.09. The van der Waals surface area contributed by atoms with E-state index in [0.717, 1.165) is 36.6 Å². The van der Waals surface area contributed by atoms with Gasteiger partial charge in [-0.15, -0.1) is 0 Å². The van der Waals surface area contributed by atoms with Crippen LogP contribution in [0.3, 0.4) is 0 Å². The van der Waals surface area contributed by atoms with Crippen LogP contribution in [-0.4, -0.2) is 10.9 Å². The summed E-state index contributed by atoms with van der Waals surface area (Å²) < 4.78 is 13.1. The molecule has 120 valence electrons. The Kier molecular flexibility index (Phi) is 4.22. The lowest BCUT2D eigenvalue weighted by molar-refractivity contribution is 0.102. The highest BCUT2D eigenvalue weighted by Gasteiger charge is 2.20. The fraction of sp³-hybridized carbons (Fsp3) is 0.294. The summed E-state index contributed by atoms with van der Waals surface area (Å²) in [5, 5.41) is 2.49. The predicted molar refractivity (Wildman–Crippen MR) is 87.6 cm³/mol. The average Bonchev–Trinajstić information content (AvgIpc) is 2.50. The first-order valence-electron chi connectivity index (χ1n) is 7.45. The number of fused-ring (bicyclic) bond motifs is 1. The molecule has 0 bridgehead atoms. The molecule has 4 nitrogen and oxygen atoms in total. The van der Waals surface area contributed by atoms with Crippen molar-refractivity contribution in [2.24, 2.45) is 5.92 Å². The van der Waals surface area contributed by atoms with Gasteiger partial charge in [0.2, 0.25) is 0 Å². The van der Waals surface area contributed by atoms with Crippen molar-refractivity contribution in [1.82, 2.24) is 4.98 Å². The Hall–Kier alpha value is -2.14. The van der Waals surface area contributed by atoms with E-state index in [2.05, 4.69) is 17.2 Å². The minimum Gasteiger partial charge on any atom is -0.325 e. The lowest BCUT2D eigenvalue weighted by Gasteiger charge is -2.21. The van der Waals surface area contributed by atoms with Crippen molar-refractivity contribution in [1.29, 1.82) is 0 Å². The summed E-state index contributed by atoms with van der Waals surface area (Å²) in [5.74, 6) is -0.569. The van der Waals surface area contributed by atoms with Gasteiger partial charge in [-0.1, -0.05) is 18.5 Å². The first-order valence-corrected chi connectivity index (χ1v) is 7.83. The molecule has 1 atom stereocenters. The van der Waals surface area contributed by atoms with Gasteiger partial charge in [-0.25, -0.2) is 4.39 Å². The van der Waals surface area contributed by atoms with Crippen molar-refractivity contribution in [2.75, 3.05) is 5.32 Å². The fourth-order valence-electron chi connectivity index (χ4n) is 2.83. The zero-order valence-electron chi connectivity index (χ0n) is 12.6. The number of carbonyl (C=O) groups is 1. The van der Waals surface area contributed by atoms with Gasteiger partial charge in [-0.2, -0.15) is 0 Å². The molecule has 0 fully saturated rings. The number of carbonyl (C=O) groups excluding carboxylic acids is 1. The monoisotopic (exact) mass is 334 g/mol. The first-order chi connectivity index (χ1) is 10.9. The van der Waals surface area contributed by atoms with E-state index in [1.165, 1.54) is 12.1 Å². The highest BCUT2D eigenvalue weighted by Crippen LogP contribution is 2.24. The maximum atomic E-state index is 13.1. The van der Waals surface area contributed by atoms with Gasteiger partial charge in [0, 0.05) is 11.4 Å². The van der Waals surface area contributed by atoms with Crippen molar-refractivity contribution < 1.29 is 9.18 Å². The molecule has 0 spiro atoms. The number of anilines is 1. The smallest absolute Gasteiger partial charge is 0.261 e. The summed E-state index contributed by atoms with van der Waals surface area (Å²) in [6.45, 7) is 2.15. The molecule has 2 N–H and O–H groups in total. The van der Waals surface area contributed by atoms with Gasteiger partial charge in [-0.3, -0.25) is 9.59 Å². The van der Waals surface area contributed by atoms with Gasteiger partial charge in [-0.05, 0) is 55.0 Å². The third-order valence-corrected chi connectivity index (χ3v) is 4.38. The van der Waals surface area contributed by atoms with Crippen LogP contribution in [0.1, 0.15) is 35.0 Å². The normalized spacial score (nSPS) is 16.7. The highest BCUT2D eigenvalue weighted by molar-refractivity contribution is 6.31. The Morgan fingerprint density at radius 3 is 2.91 bits per heavy atom. The molecule has 1 unspecified atom stereocenters. The molecule has 1 aliphatic rings. The van der Waals surface area contributed by atoms with E-state index in [0.29, 0.717) is 11.6 Å². The van der Waals surface area contributed by atoms with Crippen LogP contribution in [0.5, 0.6) is 0 Å². The molecule has 0 aliphatic heterocycles. The highest BCUT2D eigenvalue weighted by atomic mass is 35.5. The SMILES string of the molecule is CC1CCc2[nH]c(=O)c(C(=O)Nc3ccc(F)c(Cl)c3)cc2C1. The van der Waals surface area contributed by atoms with E-state index in [-0.39, 0.29) is 10.6 Å². The first kappa shape index (κ1) is 15.7. The summed E-state index contributed by atoms with van der Waals surface area (Å²) in [6, 6.07) is 5.53. The van der Waals surface area contributed by atoms with Gasteiger partial charge < -0.3 is 10.3 Å². The molecular formula is C17H16ClFN2O2. The van der Waals surface area contributed by atoms with Crippen molar-refractivity contribution in [3.8, 4) is 0 Å². The summed E-state index contributed by atoms with van der Waals surface area (Å²) in [6.07, 6.45) is 2.69. The molecule has 1 aromatic carbocycles. The Labute approximate surface area is 137 Å². The minimum atomic E-state index is -0.565. The minimum absolute atomic E-state index is 0.0540. The second-order valence-electron chi connectivity index (χ2n) is 5.95. The summed E-state index contributed by atoms with van der Waals surface area (Å²) >= 11 is 5.69. The van der Waals surface area contributed by atoms with Gasteiger partial charge >= 0.3 is 0 Å². The molecule has 2 aromatic rings. The lowest BCUT2D eigenvalue weighted by atomic mass is 9.87. The number of halogens is 2. The third kappa shape index (κ3) is 3.29. The fourth-order valence-corrected chi connectivity index (χ4v) is 3.01. The Morgan fingerprint density at radius 2 is 2.17 bits per heavy atom. The number of nitrogens with one attached hydrogen (secondary N) is 2. The van der Waals surface area contributed by atoms with Crippen LogP contribution in [0.25, 0.3) is 0 Å². The van der Waals surface area contributed by atoms with Crippen LogP contribution >= 0.6 is 11.6 Å². The summed E-state index contributed by atoms with van der Waals surface area (Å²) in [4.78, 5) is 27.3. The second kappa shape index (κ2) is 6.16. The number of aromatic amines is 1. The number of benzene rings is 1. The number of rotatable bonds is 2. The van der Waals surface area contributed by atoms with Crippen molar-refractivity contribution in [2.45, 2.75) is 26.2 Å². The van der Waals surface area contributed by atoms with Gasteiger partial charge in [0.25, 0.3) is 11.5 Å². The molecule has 0 radical (unpaired) electrons. The molecular weight excluding hydrogens is 319 g/mol. The number of pyridine rings is 1. The standard InChI is InChI=1S/C17H16ClFN2O2/c1-9-2-5-15-10(6-9)7-12(17(23)21-15)16(22)20-11-3-4-14(19)13(18)8-11/h3-4,7-9H,2,5-6H2,1H3,(H,20,22)(H,21,23). The van der Waals surface area contributed by atoms with E-state index in [4.69, 9.17) is 11.6 Å². The number of H-pyrrole nitrogens is 1. The van der Waals surface area contributed by atoms with E-state index in [9.17, 15) is 14.0 Å². The zero-order chi connectivity index (χ0) is 16.6. The Bertz CT molecular complexity index is 832. The zero-order valence-corrected chi connectivity index (χ0v) is 13.3. The molecule has 3 rings (SSSR count). The van der Waals surface area contributed by atoms with E-state index >= 15 is 0 Å². The van der Waals surface area contributed by atoms with Crippen LogP contribution in [0, 0.1) is 11.7 Å². The molecule has 1 amide bonds. The topological polar surface area (TPSA) is 62.0 Å². The summed E-state index contributed by atoms with van der Waals surface area (Å²) in [5.41, 5.74) is 1.90. The maximum Gasteiger partial charge on any atom is 0.261 e. The lowest BCUT2D eigenvalue weighted by Crippen LogP contribution is -2.27. The number of aromatic nitrogens is 1. The van der Waals surface area contributed by atoms with Gasteiger partial charge in [0.1, 0.15) is 11.4 Å². The van der Waals surface area contributed by atoms with Crippen LogP contribution in [0.15, 0.2) is 29.1 Å². The molecule has 1 aromatic heterocycles. The predicted octanol–water partition coefficient (Wildman–Crippen LogP) is 3.54. The van der Waals surface area contributed by atoms with Crippen LogP contribution in [-0.2, 0) is 12.8 Å². The van der Waals surface area contributed by atoms with Crippen molar-refractivity contribution in [3.63, 3.8) is 0 Å². The average molecular weight is 335 g/mol. The van der Waals surface area contributed by atoms with E-state index in [1.807, 2.05) is 0 Å². The van der Waals surface area contributed by atoms with Crippen molar-refractivity contribution >= 4 is 23.2 Å². The van der Waals surface area contributed by atoms with Crippen LogP contribution < -0.4 is 10.9 Å². The van der Waals surface area contributed by atoms with Crippen LogP contribution in [0.4, 0.5) is 10.1 Å². The second-order valence-corrected chi connectivity index (χ2v) is 6.35. The molecule has 0 saturated carbocycles. The quantitative estimate of drug-likeness (QED) is 0.882. The molecule has 0 saturated heterocycles. The summed E-state index contributed by atoms with van der Waals surface area (Å²) in [7, 11) is 0. The number of hydrogen-bond acceptors (Lipinski definition) is 2. The van der Waals surface area contributed by atoms with Gasteiger partial charge in [0.05, 0.1) is 5.02 Å². The van der Waals surface area contributed by atoms with E-state index in [1.54, 1.807) is 6.07 Å². The van der Waals surface area contributed by atoms with Crippen molar-refractivity contribution in [3.05, 3.63) is 62.3 Å².